The van der Waals surface area contributed by atoms with Gasteiger partial charge in [0.05, 0.1) is 7.11 Å². The van der Waals surface area contributed by atoms with E-state index in [4.69, 9.17) is 4.74 Å². The normalized spacial score (nSPS) is 10.6. The van der Waals surface area contributed by atoms with Crippen LogP contribution in [0.1, 0.15) is 49.0 Å². The summed E-state index contributed by atoms with van der Waals surface area (Å²) >= 11 is 0. The van der Waals surface area contributed by atoms with Gasteiger partial charge in [-0.2, -0.15) is 0 Å². The summed E-state index contributed by atoms with van der Waals surface area (Å²) in [6, 6.07) is 19.4. The number of pyridine rings is 1. The number of amides is 1. The molecule has 0 aliphatic rings. The lowest BCUT2D eigenvalue weighted by atomic mass is 9.99. The van der Waals surface area contributed by atoms with Crippen molar-refractivity contribution >= 4 is 17.4 Å². The molecule has 0 bridgehead atoms. The Labute approximate surface area is 190 Å². The molecule has 32 heavy (non-hydrogen) atoms. The van der Waals surface area contributed by atoms with Gasteiger partial charge >= 0.3 is 0 Å². The van der Waals surface area contributed by atoms with Crippen LogP contribution in [0.2, 0.25) is 0 Å². The molecule has 0 N–H and O–H groups in total. The first-order valence-corrected chi connectivity index (χ1v) is 11.1. The molecular weight excluding hydrogens is 400 g/mol. The summed E-state index contributed by atoms with van der Waals surface area (Å²) in [5.41, 5.74) is 4.72. The summed E-state index contributed by atoms with van der Waals surface area (Å²) < 4.78 is 5.06. The fourth-order valence-electron chi connectivity index (χ4n) is 3.58. The fourth-order valence-corrected chi connectivity index (χ4v) is 3.58. The highest BCUT2D eigenvalue weighted by Gasteiger charge is 2.13. The van der Waals surface area contributed by atoms with E-state index in [2.05, 4.69) is 11.9 Å². The number of anilines is 1. The van der Waals surface area contributed by atoms with Gasteiger partial charge in [0.15, 0.2) is 5.78 Å². The third-order valence-corrected chi connectivity index (χ3v) is 5.42. The number of aromatic nitrogens is 1. The first-order chi connectivity index (χ1) is 15.5. The first kappa shape index (κ1) is 23.2. The average molecular weight is 431 g/mol. The smallest absolute Gasteiger partial charge is 0.226 e. The molecule has 0 aliphatic heterocycles. The summed E-state index contributed by atoms with van der Waals surface area (Å²) in [6.07, 6.45) is 4.23. The van der Waals surface area contributed by atoms with Crippen LogP contribution in [-0.2, 0) is 11.2 Å². The molecule has 0 aliphatic carbocycles. The second-order valence-electron chi connectivity index (χ2n) is 7.66. The minimum absolute atomic E-state index is 0.107. The number of carbonyl (C=O) groups is 2. The van der Waals surface area contributed by atoms with E-state index < -0.39 is 0 Å². The van der Waals surface area contributed by atoms with Gasteiger partial charge in [-0.15, -0.1) is 0 Å². The van der Waals surface area contributed by atoms with Gasteiger partial charge in [0.1, 0.15) is 0 Å². The summed E-state index contributed by atoms with van der Waals surface area (Å²) in [7, 11) is 1.58. The van der Waals surface area contributed by atoms with Gasteiger partial charge < -0.3 is 9.64 Å². The predicted molar refractivity (Wildman–Crippen MR) is 128 cm³/mol. The van der Waals surface area contributed by atoms with Gasteiger partial charge in [-0.25, -0.2) is 4.98 Å². The Bertz CT molecular complexity index is 1030. The molecule has 1 heterocycles. The molecule has 3 aromatic rings. The van der Waals surface area contributed by atoms with Gasteiger partial charge in [-0.3, -0.25) is 9.59 Å². The topological polar surface area (TPSA) is 59.5 Å². The monoisotopic (exact) mass is 430 g/mol. The van der Waals surface area contributed by atoms with Crippen molar-refractivity contribution in [3.05, 3.63) is 78.0 Å². The van der Waals surface area contributed by atoms with E-state index in [9.17, 15) is 9.59 Å². The van der Waals surface area contributed by atoms with Crippen LogP contribution < -0.4 is 9.64 Å². The Morgan fingerprint density at radius 1 is 0.906 bits per heavy atom. The lowest BCUT2D eigenvalue weighted by Crippen LogP contribution is -2.30. The summed E-state index contributed by atoms with van der Waals surface area (Å²) in [4.78, 5) is 30.8. The maximum atomic E-state index is 12.6. The standard InChI is InChI=1S/C27H30N2O3/c1-4-18-29(27(31)5-2)24-14-12-22(13-15-24)21-8-10-23(11-9-21)25(30)16-6-20-7-17-26(32-3)28-19-20/h7-15,17,19H,4-6,16,18H2,1-3H3. The number of hydrogen-bond acceptors (Lipinski definition) is 4. The van der Waals surface area contributed by atoms with Crippen LogP contribution >= 0.6 is 0 Å². The molecule has 0 fully saturated rings. The van der Waals surface area contributed by atoms with Crippen molar-refractivity contribution in [2.24, 2.45) is 0 Å². The highest BCUT2D eigenvalue weighted by atomic mass is 16.5. The van der Waals surface area contributed by atoms with E-state index >= 15 is 0 Å². The third kappa shape index (κ3) is 5.82. The zero-order valence-corrected chi connectivity index (χ0v) is 19.0. The van der Waals surface area contributed by atoms with Crippen LogP contribution in [0.15, 0.2) is 66.9 Å². The van der Waals surface area contributed by atoms with Gasteiger partial charge in [0.25, 0.3) is 0 Å². The molecule has 0 radical (unpaired) electrons. The van der Waals surface area contributed by atoms with Crippen molar-refractivity contribution in [2.75, 3.05) is 18.6 Å². The second kappa shape index (κ2) is 11.2. The molecule has 5 nitrogen and oxygen atoms in total. The number of nitrogens with zero attached hydrogens (tertiary/aromatic N) is 2. The van der Waals surface area contributed by atoms with Crippen LogP contribution in [0.3, 0.4) is 0 Å². The van der Waals surface area contributed by atoms with Crippen molar-refractivity contribution in [2.45, 2.75) is 39.5 Å². The van der Waals surface area contributed by atoms with Crippen molar-refractivity contribution in [3.8, 4) is 17.0 Å². The first-order valence-electron chi connectivity index (χ1n) is 11.1. The van der Waals surface area contributed by atoms with E-state index in [1.165, 1.54) is 0 Å². The van der Waals surface area contributed by atoms with Gasteiger partial charge in [0.2, 0.25) is 11.8 Å². The van der Waals surface area contributed by atoms with Gasteiger partial charge in [-0.05, 0) is 41.7 Å². The Morgan fingerprint density at radius 3 is 2.09 bits per heavy atom. The summed E-state index contributed by atoms with van der Waals surface area (Å²) in [5, 5.41) is 0. The van der Waals surface area contributed by atoms with E-state index in [1.54, 1.807) is 19.4 Å². The zero-order valence-electron chi connectivity index (χ0n) is 19.0. The maximum Gasteiger partial charge on any atom is 0.226 e. The molecular formula is C27H30N2O3. The van der Waals surface area contributed by atoms with Gasteiger partial charge in [0, 0.05) is 42.9 Å². The molecule has 3 rings (SSSR count). The predicted octanol–water partition coefficient (Wildman–Crippen LogP) is 5.73. The van der Waals surface area contributed by atoms with Crippen LogP contribution in [0.5, 0.6) is 5.88 Å². The average Bonchev–Trinajstić information content (AvgIpc) is 2.86. The number of benzene rings is 2. The lowest BCUT2D eigenvalue weighted by Gasteiger charge is -2.22. The van der Waals surface area contributed by atoms with Crippen molar-refractivity contribution in [1.82, 2.24) is 4.98 Å². The van der Waals surface area contributed by atoms with Crippen molar-refractivity contribution < 1.29 is 14.3 Å². The Kier molecular flexibility index (Phi) is 8.14. The highest BCUT2D eigenvalue weighted by Crippen LogP contribution is 2.25. The highest BCUT2D eigenvalue weighted by molar-refractivity contribution is 5.96. The number of carbonyl (C=O) groups excluding carboxylic acids is 2. The van der Waals surface area contributed by atoms with Crippen LogP contribution in [0, 0.1) is 0 Å². The number of aryl methyl sites for hydroxylation is 1. The molecule has 0 saturated heterocycles. The molecule has 5 heteroatoms. The number of ketones is 1. The minimum Gasteiger partial charge on any atom is -0.481 e. The van der Waals surface area contributed by atoms with E-state index in [1.807, 2.05) is 66.4 Å². The third-order valence-electron chi connectivity index (χ3n) is 5.42. The summed E-state index contributed by atoms with van der Waals surface area (Å²) in [6.45, 7) is 4.67. The van der Waals surface area contributed by atoms with Crippen LogP contribution in [-0.4, -0.2) is 30.3 Å². The molecule has 166 valence electrons. The van der Waals surface area contributed by atoms with Crippen molar-refractivity contribution in [3.63, 3.8) is 0 Å². The molecule has 1 amide bonds. The SMILES string of the molecule is CCCN(C(=O)CC)c1ccc(-c2ccc(C(=O)CCc3ccc(OC)nc3)cc2)cc1. The number of methoxy groups -OCH3 is 1. The largest absolute Gasteiger partial charge is 0.481 e. The lowest BCUT2D eigenvalue weighted by molar-refractivity contribution is -0.118. The molecule has 0 atom stereocenters. The van der Waals surface area contributed by atoms with E-state index in [-0.39, 0.29) is 11.7 Å². The van der Waals surface area contributed by atoms with Gasteiger partial charge in [-0.1, -0.05) is 56.3 Å². The molecule has 0 saturated carbocycles. The Hall–Kier alpha value is -3.47. The molecule has 2 aromatic carbocycles. The van der Waals surface area contributed by atoms with E-state index in [0.717, 1.165) is 35.3 Å². The number of ether oxygens (including phenoxy) is 1. The zero-order chi connectivity index (χ0) is 22.9. The number of Topliss-reactive ketones (excluding diaryl/α,β-unsaturated/α-hetero) is 1. The molecule has 0 unspecified atom stereocenters. The van der Waals surface area contributed by atoms with Crippen molar-refractivity contribution in [1.29, 1.82) is 0 Å². The fraction of sp³-hybridized carbons (Fsp3) is 0.296. The molecule has 1 aromatic heterocycles. The van der Waals surface area contributed by atoms with E-state index in [0.29, 0.717) is 30.7 Å². The Balaban J connectivity index is 1.64. The summed E-state index contributed by atoms with van der Waals surface area (Å²) in [5.74, 6) is 0.808. The number of hydrogen-bond donors (Lipinski definition) is 0. The van der Waals surface area contributed by atoms with Crippen LogP contribution in [0.25, 0.3) is 11.1 Å². The van der Waals surface area contributed by atoms with Crippen LogP contribution in [0.4, 0.5) is 5.69 Å². The molecule has 0 spiro atoms. The maximum absolute atomic E-state index is 12.6. The number of rotatable bonds is 10. The quantitative estimate of drug-likeness (QED) is 0.386. The Morgan fingerprint density at radius 2 is 1.56 bits per heavy atom. The second-order valence-corrected chi connectivity index (χ2v) is 7.66. The minimum atomic E-state index is 0.107.